The van der Waals surface area contributed by atoms with Crippen LogP contribution in [0.4, 0.5) is 5.82 Å². The van der Waals surface area contributed by atoms with Crippen LogP contribution in [0.15, 0.2) is 36.5 Å². The molecule has 136 valence electrons. The van der Waals surface area contributed by atoms with Gasteiger partial charge in [-0.15, -0.1) is 0 Å². The zero-order chi connectivity index (χ0) is 17.9. The highest BCUT2D eigenvalue weighted by Gasteiger charge is 2.26. The maximum atomic E-state index is 12.8. The van der Waals surface area contributed by atoms with Gasteiger partial charge in [0.15, 0.2) is 11.5 Å². The van der Waals surface area contributed by atoms with Gasteiger partial charge in [0, 0.05) is 24.8 Å². The highest BCUT2D eigenvalue weighted by Crippen LogP contribution is 2.33. The molecule has 4 rings (SSSR count). The number of hydrogen-bond acceptors (Lipinski definition) is 6. The Morgan fingerprint density at radius 3 is 3.00 bits per heavy atom. The second-order valence-electron chi connectivity index (χ2n) is 6.44. The van der Waals surface area contributed by atoms with E-state index in [9.17, 15) is 4.79 Å². The lowest BCUT2D eigenvalue weighted by molar-refractivity contribution is -0.0246. The first kappa shape index (κ1) is 16.7. The molecule has 1 fully saturated rings. The largest absolute Gasteiger partial charge is 0.454 e. The molecule has 2 aliphatic heterocycles. The lowest BCUT2D eigenvalue weighted by Crippen LogP contribution is -2.45. The molecule has 0 bridgehead atoms. The number of pyridine rings is 1. The summed E-state index contributed by atoms with van der Waals surface area (Å²) in [6.07, 6.45) is 3.38. The number of benzene rings is 1. The quantitative estimate of drug-likeness (QED) is 0.901. The normalized spacial score (nSPS) is 18.8. The van der Waals surface area contributed by atoms with Crippen LogP contribution in [0.1, 0.15) is 22.3 Å². The van der Waals surface area contributed by atoms with Gasteiger partial charge in [-0.2, -0.15) is 0 Å². The molecule has 1 unspecified atom stereocenters. The van der Waals surface area contributed by atoms with Crippen LogP contribution in [-0.2, 0) is 11.2 Å². The van der Waals surface area contributed by atoms with Crippen molar-refractivity contribution in [2.75, 3.05) is 32.2 Å². The Bertz CT molecular complexity index is 811. The molecule has 2 N–H and O–H groups in total. The van der Waals surface area contributed by atoms with Crippen LogP contribution in [0, 0.1) is 0 Å². The highest BCUT2D eigenvalue weighted by molar-refractivity contribution is 5.95. The number of nitrogen functional groups attached to an aromatic ring is 1. The highest BCUT2D eigenvalue weighted by atomic mass is 16.7. The first-order valence-corrected chi connectivity index (χ1v) is 8.70. The summed E-state index contributed by atoms with van der Waals surface area (Å²) in [5.74, 6) is 1.81. The van der Waals surface area contributed by atoms with Crippen LogP contribution in [0.25, 0.3) is 0 Å². The molecule has 0 saturated carbocycles. The van der Waals surface area contributed by atoms with Crippen LogP contribution in [0.3, 0.4) is 0 Å². The van der Waals surface area contributed by atoms with Crippen LogP contribution in [0.2, 0.25) is 0 Å². The Balaban J connectivity index is 1.37. The average molecular weight is 355 g/mol. The van der Waals surface area contributed by atoms with Crippen molar-refractivity contribution in [2.45, 2.75) is 18.9 Å². The molecule has 26 heavy (non-hydrogen) atoms. The third-order valence-electron chi connectivity index (χ3n) is 4.65. The van der Waals surface area contributed by atoms with Crippen molar-refractivity contribution in [3.8, 4) is 11.5 Å². The summed E-state index contributed by atoms with van der Waals surface area (Å²) in [6, 6.07) is 9.13. The van der Waals surface area contributed by atoms with Gasteiger partial charge < -0.3 is 24.8 Å². The molecule has 1 aromatic carbocycles. The summed E-state index contributed by atoms with van der Waals surface area (Å²) in [4.78, 5) is 18.7. The fourth-order valence-electron chi connectivity index (χ4n) is 3.27. The first-order valence-electron chi connectivity index (χ1n) is 8.70. The van der Waals surface area contributed by atoms with E-state index in [-0.39, 0.29) is 18.8 Å². The Hall–Kier alpha value is -2.80. The molecule has 2 aliphatic rings. The van der Waals surface area contributed by atoms with Gasteiger partial charge in [-0.1, -0.05) is 0 Å². The number of amides is 1. The van der Waals surface area contributed by atoms with Gasteiger partial charge >= 0.3 is 0 Å². The number of hydrogen-bond donors (Lipinski definition) is 1. The Labute approximate surface area is 151 Å². The van der Waals surface area contributed by atoms with Crippen molar-refractivity contribution in [2.24, 2.45) is 0 Å². The molecule has 1 saturated heterocycles. The number of nitrogens with two attached hydrogens (primary N) is 1. The second kappa shape index (κ2) is 7.21. The molecular formula is C19H21N3O4. The van der Waals surface area contributed by atoms with Crippen molar-refractivity contribution in [3.63, 3.8) is 0 Å². The molecule has 7 nitrogen and oxygen atoms in total. The van der Waals surface area contributed by atoms with Crippen LogP contribution < -0.4 is 15.2 Å². The molecule has 0 spiro atoms. The van der Waals surface area contributed by atoms with Gasteiger partial charge in [0.25, 0.3) is 5.91 Å². The molecule has 1 aromatic heterocycles. The summed E-state index contributed by atoms with van der Waals surface area (Å²) in [7, 11) is 0. The number of fused-ring (bicyclic) bond motifs is 1. The predicted octanol–water partition coefficient (Wildman–Crippen LogP) is 1.87. The maximum Gasteiger partial charge on any atom is 0.254 e. The summed E-state index contributed by atoms with van der Waals surface area (Å²) in [6.45, 7) is 1.91. The number of ether oxygens (including phenoxy) is 3. The van der Waals surface area contributed by atoms with E-state index in [1.165, 1.54) is 0 Å². The third-order valence-corrected chi connectivity index (χ3v) is 4.65. The zero-order valence-electron chi connectivity index (χ0n) is 14.4. The predicted molar refractivity (Wildman–Crippen MR) is 95.2 cm³/mol. The first-order chi connectivity index (χ1) is 12.7. The van der Waals surface area contributed by atoms with E-state index in [0.717, 1.165) is 18.4 Å². The lowest BCUT2D eigenvalue weighted by Gasteiger charge is -2.33. The minimum atomic E-state index is -0.00949. The standard InChI is InChI=1S/C19H21N3O4/c20-18-9-13(5-6-21-18)1-3-15-11-22(7-8-24-15)19(23)14-2-4-16-17(10-14)26-12-25-16/h2,4-6,9-10,15H,1,3,7-8,11-12H2,(H2,20,21). The van der Waals surface area contributed by atoms with E-state index >= 15 is 0 Å². The van der Waals surface area contributed by atoms with Crippen molar-refractivity contribution in [3.05, 3.63) is 47.7 Å². The molecule has 0 aliphatic carbocycles. The number of aromatic nitrogens is 1. The monoisotopic (exact) mass is 355 g/mol. The van der Waals surface area contributed by atoms with Gasteiger partial charge in [-0.05, 0) is 48.7 Å². The summed E-state index contributed by atoms with van der Waals surface area (Å²) in [5.41, 5.74) is 7.45. The topological polar surface area (TPSA) is 86.9 Å². The van der Waals surface area contributed by atoms with E-state index in [1.54, 1.807) is 24.4 Å². The van der Waals surface area contributed by atoms with E-state index < -0.39 is 0 Å². The number of anilines is 1. The van der Waals surface area contributed by atoms with Gasteiger partial charge in [0.05, 0.1) is 12.7 Å². The lowest BCUT2D eigenvalue weighted by atomic mass is 10.1. The van der Waals surface area contributed by atoms with Crippen LogP contribution in [-0.4, -0.2) is 48.4 Å². The molecule has 7 heteroatoms. The molecule has 1 amide bonds. The second-order valence-corrected chi connectivity index (χ2v) is 6.44. The van der Waals surface area contributed by atoms with E-state index in [0.29, 0.717) is 42.6 Å². The Morgan fingerprint density at radius 1 is 1.23 bits per heavy atom. The SMILES string of the molecule is Nc1cc(CCC2CN(C(=O)c3ccc4c(c3)OCO4)CCO2)ccn1. The summed E-state index contributed by atoms with van der Waals surface area (Å²) < 4.78 is 16.5. The minimum absolute atomic E-state index is 0.00949. The van der Waals surface area contributed by atoms with E-state index in [4.69, 9.17) is 19.9 Å². The number of carbonyl (C=O) groups excluding carboxylic acids is 1. The number of aryl methyl sites for hydroxylation is 1. The number of carbonyl (C=O) groups is 1. The van der Waals surface area contributed by atoms with Gasteiger partial charge in [-0.25, -0.2) is 4.98 Å². The Morgan fingerprint density at radius 2 is 2.12 bits per heavy atom. The van der Waals surface area contributed by atoms with E-state index in [1.807, 2.05) is 17.0 Å². The third kappa shape index (κ3) is 3.57. The number of nitrogens with zero attached hydrogens (tertiary/aromatic N) is 2. The maximum absolute atomic E-state index is 12.8. The minimum Gasteiger partial charge on any atom is -0.454 e. The molecular weight excluding hydrogens is 334 g/mol. The van der Waals surface area contributed by atoms with Crippen molar-refractivity contribution in [1.82, 2.24) is 9.88 Å². The molecule has 1 atom stereocenters. The van der Waals surface area contributed by atoms with Crippen LogP contribution in [0.5, 0.6) is 11.5 Å². The van der Waals surface area contributed by atoms with Gasteiger partial charge in [0.1, 0.15) is 5.82 Å². The van der Waals surface area contributed by atoms with E-state index in [2.05, 4.69) is 4.98 Å². The van der Waals surface area contributed by atoms with Crippen molar-refractivity contribution >= 4 is 11.7 Å². The smallest absolute Gasteiger partial charge is 0.254 e. The number of morpholine rings is 1. The summed E-state index contributed by atoms with van der Waals surface area (Å²) >= 11 is 0. The van der Waals surface area contributed by atoms with Crippen molar-refractivity contribution in [1.29, 1.82) is 0 Å². The number of rotatable bonds is 4. The fraction of sp³-hybridized carbons (Fsp3) is 0.368. The van der Waals surface area contributed by atoms with Gasteiger partial charge in [-0.3, -0.25) is 4.79 Å². The van der Waals surface area contributed by atoms with Crippen LogP contribution >= 0.6 is 0 Å². The fourth-order valence-corrected chi connectivity index (χ4v) is 3.27. The zero-order valence-corrected chi connectivity index (χ0v) is 14.4. The summed E-state index contributed by atoms with van der Waals surface area (Å²) in [5, 5.41) is 0. The average Bonchev–Trinajstić information content (AvgIpc) is 3.14. The molecule has 2 aromatic rings. The van der Waals surface area contributed by atoms with Crippen molar-refractivity contribution < 1.29 is 19.0 Å². The van der Waals surface area contributed by atoms with Gasteiger partial charge in [0.2, 0.25) is 6.79 Å². The molecule has 3 heterocycles. The molecule has 0 radical (unpaired) electrons. The Kier molecular flexibility index (Phi) is 4.62.